The Kier molecular flexibility index (Phi) is 6.54. The smallest absolute Gasteiger partial charge is 0.310 e. The summed E-state index contributed by atoms with van der Waals surface area (Å²) >= 11 is 0. The van der Waals surface area contributed by atoms with Crippen molar-refractivity contribution in [1.29, 1.82) is 0 Å². The van der Waals surface area contributed by atoms with Crippen LogP contribution >= 0.6 is 0 Å². The zero-order chi connectivity index (χ0) is 20.8. The maximum Gasteiger partial charge on any atom is 0.310 e. The summed E-state index contributed by atoms with van der Waals surface area (Å²) in [5, 5.41) is 3.65. The fourth-order valence-electron chi connectivity index (χ4n) is 3.00. The van der Waals surface area contributed by atoms with E-state index in [1.807, 2.05) is 61.5 Å². The molecule has 3 aromatic rings. The van der Waals surface area contributed by atoms with Crippen molar-refractivity contribution < 1.29 is 18.7 Å². The van der Waals surface area contributed by atoms with Crippen molar-refractivity contribution in [3.8, 4) is 0 Å². The van der Waals surface area contributed by atoms with E-state index in [9.17, 15) is 9.59 Å². The van der Waals surface area contributed by atoms with E-state index in [1.54, 1.807) is 6.26 Å². The van der Waals surface area contributed by atoms with Crippen molar-refractivity contribution in [3.05, 3.63) is 65.4 Å². The summed E-state index contributed by atoms with van der Waals surface area (Å²) in [4.78, 5) is 26.1. The molecule has 2 aromatic carbocycles. The Bertz CT molecular complexity index is 990. The molecule has 6 heteroatoms. The van der Waals surface area contributed by atoms with Crippen molar-refractivity contribution >= 4 is 28.5 Å². The highest BCUT2D eigenvalue weighted by molar-refractivity contribution is 5.87. The summed E-state index contributed by atoms with van der Waals surface area (Å²) in [6.07, 6.45) is 2.56. The molecular weight excluding hydrogens is 368 g/mol. The van der Waals surface area contributed by atoms with Crippen molar-refractivity contribution in [1.82, 2.24) is 5.32 Å². The van der Waals surface area contributed by atoms with Gasteiger partial charge in [0.1, 0.15) is 5.58 Å². The molecule has 0 radical (unpaired) electrons. The minimum absolute atomic E-state index is 0.0672. The first kappa shape index (κ1) is 20.5. The maximum atomic E-state index is 12.1. The van der Waals surface area contributed by atoms with Crippen LogP contribution in [0.15, 0.2) is 53.1 Å². The van der Waals surface area contributed by atoms with Crippen molar-refractivity contribution in [2.45, 2.75) is 26.3 Å². The number of hydrogen-bond donors (Lipinski definition) is 1. The molecule has 6 nitrogen and oxygen atoms in total. The first-order chi connectivity index (χ1) is 14.0. The van der Waals surface area contributed by atoms with E-state index in [2.05, 4.69) is 12.2 Å². The van der Waals surface area contributed by atoms with Crippen LogP contribution in [0.1, 0.15) is 23.6 Å². The van der Waals surface area contributed by atoms with Crippen molar-refractivity contribution in [2.24, 2.45) is 0 Å². The molecular formula is C23H26N2O4. The number of anilines is 1. The van der Waals surface area contributed by atoms with Gasteiger partial charge in [-0.05, 0) is 35.7 Å². The summed E-state index contributed by atoms with van der Waals surface area (Å²) in [5.41, 5.74) is 4.76. The van der Waals surface area contributed by atoms with Gasteiger partial charge >= 0.3 is 5.97 Å². The zero-order valence-electron chi connectivity index (χ0n) is 17.0. The monoisotopic (exact) mass is 394 g/mol. The Morgan fingerprint density at radius 1 is 1.07 bits per heavy atom. The highest BCUT2D eigenvalue weighted by Gasteiger charge is 2.13. The Morgan fingerprint density at radius 2 is 1.79 bits per heavy atom. The summed E-state index contributed by atoms with van der Waals surface area (Å²) < 4.78 is 10.6. The first-order valence-corrected chi connectivity index (χ1v) is 9.64. The number of fused-ring (bicyclic) bond motifs is 1. The van der Waals surface area contributed by atoms with E-state index in [4.69, 9.17) is 9.15 Å². The van der Waals surface area contributed by atoms with E-state index in [0.717, 1.165) is 34.2 Å². The van der Waals surface area contributed by atoms with Crippen molar-refractivity contribution in [2.75, 3.05) is 25.6 Å². The molecule has 0 aliphatic carbocycles. The number of amides is 1. The largest absolute Gasteiger partial charge is 0.464 e. The van der Waals surface area contributed by atoms with Crippen LogP contribution in [0.5, 0.6) is 0 Å². The number of nitrogens with one attached hydrogen (secondary N) is 1. The number of aryl methyl sites for hydroxylation is 1. The molecule has 1 aromatic heterocycles. The molecule has 0 unspecified atom stereocenters. The summed E-state index contributed by atoms with van der Waals surface area (Å²) in [6, 6.07) is 13.8. The van der Waals surface area contributed by atoms with Crippen LogP contribution in [0, 0.1) is 0 Å². The highest BCUT2D eigenvalue weighted by atomic mass is 16.5. The lowest BCUT2D eigenvalue weighted by Gasteiger charge is -2.13. The zero-order valence-corrected chi connectivity index (χ0v) is 17.0. The molecule has 0 aliphatic heterocycles. The van der Waals surface area contributed by atoms with Gasteiger partial charge in [0, 0.05) is 37.3 Å². The molecule has 0 saturated carbocycles. The number of furan rings is 1. The maximum absolute atomic E-state index is 12.1. The van der Waals surface area contributed by atoms with Gasteiger partial charge in [-0.1, -0.05) is 31.2 Å². The topological polar surface area (TPSA) is 71.8 Å². The van der Waals surface area contributed by atoms with Gasteiger partial charge in [-0.15, -0.1) is 0 Å². The normalized spacial score (nSPS) is 10.7. The number of rotatable bonds is 8. The predicted octanol–water partition coefficient (Wildman–Crippen LogP) is 3.46. The fourth-order valence-corrected chi connectivity index (χ4v) is 3.00. The average molecular weight is 394 g/mol. The number of carbonyl (C=O) groups is 2. The second-order valence-corrected chi connectivity index (χ2v) is 7.12. The summed E-state index contributed by atoms with van der Waals surface area (Å²) in [6.45, 7) is 2.16. The van der Waals surface area contributed by atoms with Crippen molar-refractivity contribution in [3.63, 3.8) is 0 Å². The predicted molar refractivity (Wildman–Crippen MR) is 113 cm³/mol. The Morgan fingerprint density at radius 3 is 2.48 bits per heavy atom. The van der Waals surface area contributed by atoms with Crippen LogP contribution in [0.3, 0.4) is 0 Å². The van der Waals surface area contributed by atoms with E-state index >= 15 is 0 Å². The minimum Gasteiger partial charge on any atom is -0.464 e. The fraction of sp³-hybridized carbons (Fsp3) is 0.304. The molecule has 1 N–H and O–H groups in total. The van der Waals surface area contributed by atoms with Gasteiger partial charge in [0.15, 0.2) is 6.61 Å². The molecule has 3 rings (SSSR count). The molecule has 0 saturated heterocycles. The number of nitrogens with zero attached hydrogens (tertiary/aromatic N) is 1. The second kappa shape index (κ2) is 9.28. The summed E-state index contributed by atoms with van der Waals surface area (Å²) in [5.74, 6) is -0.794. The minimum atomic E-state index is -0.460. The molecule has 0 bridgehead atoms. The quantitative estimate of drug-likeness (QED) is 0.593. The van der Waals surface area contributed by atoms with Gasteiger partial charge in [0.2, 0.25) is 0 Å². The Labute approximate surface area is 170 Å². The molecule has 0 fully saturated rings. The second-order valence-electron chi connectivity index (χ2n) is 7.12. The van der Waals surface area contributed by atoms with E-state index in [-0.39, 0.29) is 18.9 Å². The van der Waals surface area contributed by atoms with E-state index in [0.29, 0.717) is 6.54 Å². The SMILES string of the molecule is CCc1ccc2c(CC(=O)OCC(=O)NCc3ccc(N(C)C)cc3)coc2c1. The standard InChI is InChI=1S/C23H26N2O4/c1-4-16-7-10-20-18(14-28-21(20)11-16)12-23(27)29-15-22(26)24-13-17-5-8-19(9-6-17)25(2)3/h5-11,14H,4,12-13,15H2,1-3H3,(H,24,26). The van der Waals surface area contributed by atoms with Gasteiger partial charge in [-0.2, -0.15) is 0 Å². The van der Waals surface area contributed by atoms with E-state index in [1.165, 1.54) is 5.56 Å². The lowest BCUT2D eigenvalue weighted by molar-refractivity contribution is -0.147. The molecule has 1 heterocycles. The number of carbonyl (C=O) groups excluding carboxylic acids is 2. The third-order valence-corrected chi connectivity index (χ3v) is 4.77. The van der Waals surface area contributed by atoms with Crippen LogP contribution in [0.25, 0.3) is 11.0 Å². The first-order valence-electron chi connectivity index (χ1n) is 9.64. The number of hydrogen-bond acceptors (Lipinski definition) is 5. The van der Waals surface area contributed by atoms with Gasteiger partial charge in [-0.3, -0.25) is 9.59 Å². The van der Waals surface area contributed by atoms with Crippen LogP contribution < -0.4 is 10.2 Å². The molecule has 152 valence electrons. The number of ether oxygens (including phenoxy) is 1. The highest BCUT2D eigenvalue weighted by Crippen LogP contribution is 2.23. The average Bonchev–Trinajstić information content (AvgIpc) is 3.12. The third kappa shape index (κ3) is 5.38. The van der Waals surface area contributed by atoms with Crippen LogP contribution in [-0.2, 0) is 33.7 Å². The Hall–Kier alpha value is -3.28. The van der Waals surface area contributed by atoms with Gasteiger partial charge < -0.3 is 19.4 Å². The number of benzene rings is 2. The molecule has 0 spiro atoms. The lowest BCUT2D eigenvalue weighted by atomic mass is 10.1. The van der Waals surface area contributed by atoms with E-state index < -0.39 is 5.97 Å². The van der Waals surface area contributed by atoms with Gasteiger partial charge in [0.25, 0.3) is 5.91 Å². The molecule has 1 amide bonds. The van der Waals surface area contributed by atoms with Crippen LogP contribution in [0.2, 0.25) is 0 Å². The molecule has 0 aliphatic rings. The van der Waals surface area contributed by atoms with Crippen LogP contribution in [-0.4, -0.2) is 32.6 Å². The lowest BCUT2D eigenvalue weighted by Crippen LogP contribution is -2.28. The summed E-state index contributed by atoms with van der Waals surface area (Å²) in [7, 11) is 3.94. The number of esters is 1. The Balaban J connectivity index is 1.46. The molecule has 29 heavy (non-hydrogen) atoms. The van der Waals surface area contributed by atoms with Gasteiger partial charge in [-0.25, -0.2) is 0 Å². The van der Waals surface area contributed by atoms with Gasteiger partial charge in [0.05, 0.1) is 12.7 Å². The van der Waals surface area contributed by atoms with Crippen LogP contribution in [0.4, 0.5) is 5.69 Å². The third-order valence-electron chi connectivity index (χ3n) is 4.77. The molecule has 0 atom stereocenters.